The van der Waals surface area contributed by atoms with Gasteiger partial charge in [-0.1, -0.05) is 44.8 Å². The smallest absolute Gasteiger partial charge is 0.303 e. The molecule has 0 saturated carbocycles. The third-order valence-corrected chi connectivity index (χ3v) is 6.15. The van der Waals surface area contributed by atoms with Crippen LogP contribution in [0.1, 0.15) is 90.4 Å². The van der Waals surface area contributed by atoms with E-state index < -0.39 is 5.97 Å². The minimum Gasteiger partial charge on any atom is -0.481 e. The second-order valence-electron chi connectivity index (χ2n) is 8.28. The molecule has 156 valence electrons. The Labute approximate surface area is 165 Å². The highest BCUT2D eigenvalue weighted by molar-refractivity contribution is 5.66. The molecule has 1 N–H and O–H groups in total. The first kappa shape index (κ1) is 22.4. The SMILES string of the molecule is CCCCCCOCCCC[C@H]1[C@@H](C/C=C\CCCC(=O)O)[C@H]2CC[C@@H]1O2. The molecule has 2 aliphatic rings. The fraction of sp³-hybridized carbons (Fsp3) is 0.870. The third-order valence-electron chi connectivity index (χ3n) is 6.15. The number of carbonyl (C=O) groups is 1. The number of hydrogen-bond donors (Lipinski definition) is 1. The predicted molar refractivity (Wildman–Crippen MR) is 109 cm³/mol. The van der Waals surface area contributed by atoms with Crippen LogP contribution in [-0.2, 0) is 14.3 Å². The summed E-state index contributed by atoms with van der Waals surface area (Å²) in [5.41, 5.74) is 0. The van der Waals surface area contributed by atoms with Gasteiger partial charge in [-0.15, -0.1) is 0 Å². The Kier molecular flexibility index (Phi) is 11.1. The van der Waals surface area contributed by atoms with Crippen LogP contribution in [0.2, 0.25) is 0 Å². The zero-order valence-electron chi connectivity index (χ0n) is 17.2. The number of carboxylic acids is 1. The van der Waals surface area contributed by atoms with Gasteiger partial charge in [-0.25, -0.2) is 0 Å². The molecule has 27 heavy (non-hydrogen) atoms. The largest absolute Gasteiger partial charge is 0.481 e. The van der Waals surface area contributed by atoms with Gasteiger partial charge in [0.15, 0.2) is 0 Å². The zero-order valence-corrected chi connectivity index (χ0v) is 17.2. The molecule has 2 rings (SSSR count). The van der Waals surface area contributed by atoms with Gasteiger partial charge in [0, 0.05) is 19.6 Å². The average molecular weight is 381 g/mol. The van der Waals surface area contributed by atoms with E-state index in [0.717, 1.165) is 32.5 Å². The van der Waals surface area contributed by atoms with Crippen molar-refractivity contribution in [3.05, 3.63) is 12.2 Å². The van der Waals surface area contributed by atoms with Crippen molar-refractivity contribution in [3.63, 3.8) is 0 Å². The molecule has 4 atom stereocenters. The number of unbranched alkanes of at least 4 members (excludes halogenated alkanes) is 5. The summed E-state index contributed by atoms with van der Waals surface area (Å²) in [6, 6.07) is 0. The Morgan fingerprint density at radius 1 is 1.00 bits per heavy atom. The van der Waals surface area contributed by atoms with Crippen LogP contribution in [0.5, 0.6) is 0 Å². The highest BCUT2D eigenvalue weighted by atomic mass is 16.5. The van der Waals surface area contributed by atoms with Crippen LogP contribution >= 0.6 is 0 Å². The molecule has 0 aromatic carbocycles. The van der Waals surface area contributed by atoms with E-state index in [9.17, 15) is 4.79 Å². The summed E-state index contributed by atoms with van der Waals surface area (Å²) in [7, 11) is 0. The van der Waals surface area contributed by atoms with Crippen molar-refractivity contribution >= 4 is 5.97 Å². The van der Waals surface area contributed by atoms with Crippen molar-refractivity contribution in [2.45, 2.75) is 103 Å². The van der Waals surface area contributed by atoms with Gasteiger partial charge in [-0.05, 0) is 63.2 Å². The number of rotatable bonds is 16. The number of fused-ring (bicyclic) bond motifs is 2. The molecule has 0 aromatic heterocycles. The fourth-order valence-corrected chi connectivity index (χ4v) is 4.66. The summed E-state index contributed by atoms with van der Waals surface area (Å²) >= 11 is 0. The van der Waals surface area contributed by atoms with Crippen LogP contribution in [0.4, 0.5) is 0 Å². The number of hydrogen-bond acceptors (Lipinski definition) is 3. The molecule has 2 heterocycles. The Morgan fingerprint density at radius 2 is 1.74 bits per heavy atom. The first-order chi connectivity index (χ1) is 13.2. The van der Waals surface area contributed by atoms with E-state index in [1.807, 2.05) is 0 Å². The molecule has 0 amide bonds. The Bertz CT molecular complexity index is 434. The molecular formula is C23H40O4. The lowest BCUT2D eigenvalue weighted by Crippen LogP contribution is -2.26. The summed E-state index contributed by atoms with van der Waals surface area (Å²) in [6.45, 7) is 4.07. The van der Waals surface area contributed by atoms with E-state index in [1.165, 1.54) is 57.8 Å². The molecule has 0 radical (unpaired) electrons. The normalized spacial score (nSPS) is 27.0. The molecule has 0 spiro atoms. The topological polar surface area (TPSA) is 55.8 Å². The van der Waals surface area contributed by atoms with Crippen LogP contribution < -0.4 is 0 Å². The van der Waals surface area contributed by atoms with Crippen molar-refractivity contribution in [3.8, 4) is 0 Å². The lowest BCUT2D eigenvalue weighted by atomic mass is 9.75. The molecule has 2 aliphatic heterocycles. The van der Waals surface area contributed by atoms with Gasteiger partial charge in [0.05, 0.1) is 12.2 Å². The van der Waals surface area contributed by atoms with Crippen molar-refractivity contribution < 1.29 is 19.4 Å². The van der Waals surface area contributed by atoms with Gasteiger partial charge in [0.1, 0.15) is 0 Å². The molecule has 2 bridgehead atoms. The minimum absolute atomic E-state index is 0.269. The summed E-state index contributed by atoms with van der Waals surface area (Å²) < 4.78 is 12.0. The van der Waals surface area contributed by atoms with Crippen molar-refractivity contribution in [2.24, 2.45) is 11.8 Å². The maximum atomic E-state index is 10.5. The van der Waals surface area contributed by atoms with Gasteiger partial charge < -0.3 is 14.6 Å². The van der Waals surface area contributed by atoms with Crippen molar-refractivity contribution in [1.82, 2.24) is 0 Å². The average Bonchev–Trinajstić information content (AvgIpc) is 3.25. The Morgan fingerprint density at radius 3 is 2.48 bits per heavy atom. The van der Waals surface area contributed by atoms with E-state index in [4.69, 9.17) is 14.6 Å². The monoisotopic (exact) mass is 380 g/mol. The maximum Gasteiger partial charge on any atom is 0.303 e. The van der Waals surface area contributed by atoms with E-state index in [0.29, 0.717) is 24.0 Å². The third kappa shape index (κ3) is 8.35. The zero-order chi connectivity index (χ0) is 19.3. The van der Waals surface area contributed by atoms with Gasteiger partial charge in [0.25, 0.3) is 0 Å². The highest BCUT2D eigenvalue weighted by Crippen LogP contribution is 2.47. The van der Waals surface area contributed by atoms with Crippen LogP contribution in [0.15, 0.2) is 12.2 Å². The Hall–Kier alpha value is -0.870. The van der Waals surface area contributed by atoms with Crippen molar-refractivity contribution in [1.29, 1.82) is 0 Å². The molecule has 2 fully saturated rings. The Balaban J connectivity index is 1.57. The van der Waals surface area contributed by atoms with E-state index in [1.54, 1.807) is 0 Å². The number of carboxylic acid groups (broad SMARTS) is 1. The minimum atomic E-state index is -0.699. The van der Waals surface area contributed by atoms with Gasteiger partial charge in [0.2, 0.25) is 0 Å². The first-order valence-electron chi connectivity index (χ1n) is 11.3. The lowest BCUT2D eigenvalue weighted by molar-refractivity contribution is -0.137. The molecule has 4 nitrogen and oxygen atoms in total. The fourth-order valence-electron chi connectivity index (χ4n) is 4.66. The molecule has 2 saturated heterocycles. The summed E-state index contributed by atoms with van der Waals surface area (Å²) in [6.07, 6.45) is 19.6. The number of ether oxygens (including phenoxy) is 2. The predicted octanol–water partition coefficient (Wildman–Crippen LogP) is 5.75. The first-order valence-corrected chi connectivity index (χ1v) is 11.3. The highest BCUT2D eigenvalue weighted by Gasteiger charge is 2.47. The second-order valence-corrected chi connectivity index (χ2v) is 8.28. The molecular weight excluding hydrogens is 340 g/mol. The van der Waals surface area contributed by atoms with Gasteiger partial charge in [-0.2, -0.15) is 0 Å². The molecule has 0 unspecified atom stereocenters. The summed E-state index contributed by atoms with van der Waals surface area (Å²) in [4.78, 5) is 10.5. The van der Waals surface area contributed by atoms with E-state index in [2.05, 4.69) is 19.1 Å². The molecule has 0 aliphatic carbocycles. The van der Waals surface area contributed by atoms with Crippen LogP contribution in [0.25, 0.3) is 0 Å². The van der Waals surface area contributed by atoms with Gasteiger partial charge >= 0.3 is 5.97 Å². The van der Waals surface area contributed by atoms with Crippen LogP contribution in [0.3, 0.4) is 0 Å². The quantitative estimate of drug-likeness (QED) is 0.274. The summed E-state index contributed by atoms with van der Waals surface area (Å²) in [5.74, 6) is 0.668. The van der Waals surface area contributed by atoms with Crippen LogP contribution in [-0.4, -0.2) is 36.5 Å². The number of allylic oxidation sites excluding steroid dienone is 2. The van der Waals surface area contributed by atoms with E-state index in [-0.39, 0.29) is 6.42 Å². The second kappa shape index (κ2) is 13.3. The van der Waals surface area contributed by atoms with Gasteiger partial charge in [-0.3, -0.25) is 4.79 Å². The lowest BCUT2D eigenvalue weighted by Gasteiger charge is -2.27. The van der Waals surface area contributed by atoms with E-state index >= 15 is 0 Å². The molecule has 4 heteroatoms. The summed E-state index contributed by atoms with van der Waals surface area (Å²) in [5, 5.41) is 8.68. The van der Waals surface area contributed by atoms with Crippen LogP contribution in [0, 0.1) is 11.8 Å². The number of aliphatic carboxylic acids is 1. The molecule has 0 aromatic rings. The maximum absolute atomic E-state index is 10.5. The van der Waals surface area contributed by atoms with Crippen molar-refractivity contribution in [2.75, 3.05) is 13.2 Å². The standard InChI is InChI=1S/C23H40O4/c1-2-3-4-10-17-26-18-11-9-13-20-19(21-15-16-22(20)27-21)12-7-5-6-8-14-23(24)25/h5,7,19-22H,2-4,6,8-18H2,1H3,(H,24,25)/b7-5-/t19-,20+,21-,22+/m1/s1.